The quantitative estimate of drug-likeness (QED) is 0.881. The molecule has 0 bridgehead atoms. The van der Waals surface area contributed by atoms with E-state index in [1.54, 1.807) is 0 Å². The van der Waals surface area contributed by atoms with Gasteiger partial charge in [0.1, 0.15) is 0 Å². The van der Waals surface area contributed by atoms with E-state index in [2.05, 4.69) is 29.6 Å². The molecule has 1 N–H and O–H groups in total. The lowest BCUT2D eigenvalue weighted by atomic mass is 9.88. The van der Waals surface area contributed by atoms with Crippen LogP contribution in [0.15, 0.2) is 60.7 Å². The van der Waals surface area contributed by atoms with E-state index in [1.807, 2.05) is 36.4 Å². The fourth-order valence-electron chi connectivity index (χ4n) is 2.50. The molecular weight excluding hydrogens is 246 g/mol. The van der Waals surface area contributed by atoms with Crippen LogP contribution in [0.1, 0.15) is 36.3 Å². The third-order valence-electron chi connectivity index (χ3n) is 3.74. The average molecular weight is 265 g/mol. The van der Waals surface area contributed by atoms with Gasteiger partial charge in [0, 0.05) is 18.4 Å². The van der Waals surface area contributed by atoms with Gasteiger partial charge < -0.3 is 5.32 Å². The minimum atomic E-state index is 0.135. The van der Waals surface area contributed by atoms with Gasteiger partial charge in [-0.3, -0.25) is 4.79 Å². The second-order valence-electron chi connectivity index (χ2n) is 5.42. The minimum Gasteiger partial charge on any atom is -0.353 e. The Bertz CT molecular complexity index is 521. The average Bonchev–Trinajstić information content (AvgIpc) is 3.30. The summed E-state index contributed by atoms with van der Waals surface area (Å²) in [4.78, 5) is 12.1. The second-order valence-corrected chi connectivity index (χ2v) is 5.42. The van der Waals surface area contributed by atoms with E-state index in [0.29, 0.717) is 12.5 Å². The van der Waals surface area contributed by atoms with E-state index in [1.165, 1.54) is 11.1 Å². The zero-order valence-electron chi connectivity index (χ0n) is 11.5. The van der Waals surface area contributed by atoms with Crippen LogP contribution in [-0.2, 0) is 4.79 Å². The molecular formula is C18H19NO. The Morgan fingerprint density at radius 3 is 1.90 bits per heavy atom. The number of rotatable bonds is 5. The predicted molar refractivity (Wildman–Crippen MR) is 80.5 cm³/mol. The molecule has 1 fully saturated rings. The van der Waals surface area contributed by atoms with Crippen molar-refractivity contribution in [3.63, 3.8) is 0 Å². The van der Waals surface area contributed by atoms with E-state index >= 15 is 0 Å². The highest BCUT2D eigenvalue weighted by atomic mass is 16.1. The summed E-state index contributed by atoms with van der Waals surface area (Å²) in [5.74, 6) is 0.293. The molecule has 102 valence electrons. The van der Waals surface area contributed by atoms with E-state index in [0.717, 1.165) is 12.8 Å². The molecule has 0 spiro atoms. The smallest absolute Gasteiger partial charge is 0.221 e. The van der Waals surface area contributed by atoms with Crippen LogP contribution < -0.4 is 5.32 Å². The van der Waals surface area contributed by atoms with Gasteiger partial charge in [0.05, 0.1) is 0 Å². The van der Waals surface area contributed by atoms with Crippen molar-refractivity contribution in [3.05, 3.63) is 71.8 Å². The number of hydrogen-bond acceptors (Lipinski definition) is 1. The van der Waals surface area contributed by atoms with Crippen molar-refractivity contribution in [3.8, 4) is 0 Å². The highest BCUT2D eigenvalue weighted by molar-refractivity contribution is 5.78. The molecule has 2 aromatic carbocycles. The summed E-state index contributed by atoms with van der Waals surface area (Å²) in [5.41, 5.74) is 2.40. The van der Waals surface area contributed by atoms with Crippen LogP contribution in [0.25, 0.3) is 0 Å². The largest absolute Gasteiger partial charge is 0.353 e. The van der Waals surface area contributed by atoms with Crippen molar-refractivity contribution in [2.45, 2.75) is 31.2 Å². The molecule has 0 atom stereocenters. The maximum atomic E-state index is 12.1. The Hall–Kier alpha value is -2.09. The van der Waals surface area contributed by atoms with Gasteiger partial charge in [-0.2, -0.15) is 0 Å². The molecule has 2 aromatic rings. The fourth-order valence-corrected chi connectivity index (χ4v) is 2.50. The summed E-state index contributed by atoms with van der Waals surface area (Å²) in [5, 5.41) is 3.08. The van der Waals surface area contributed by atoms with Crippen molar-refractivity contribution >= 4 is 5.91 Å². The normalized spacial score (nSPS) is 14.2. The first-order chi connectivity index (χ1) is 9.83. The molecule has 2 nitrogen and oxygen atoms in total. The van der Waals surface area contributed by atoms with Crippen LogP contribution in [0, 0.1) is 0 Å². The van der Waals surface area contributed by atoms with Crippen LogP contribution in [0.4, 0.5) is 0 Å². The van der Waals surface area contributed by atoms with E-state index in [9.17, 15) is 4.79 Å². The highest BCUT2D eigenvalue weighted by Crippen LogP contribution is 2.28. The summed E-state index contributed by atoms with van der Waals surface area (Å²) < 4.78 is 0. The van der Waals surface area contributed by atoms with E-state index in [-0.39, 0.29) is 11.8 Å². The molecule has 3 rings (SSSR count). The highest BCUT2D eigenvalue weighted by Gasteiger charge is 2.25. The third kappa shape index (κ3) is 3.27. The molecule has 2 heteroatoms. The van der Waals surface area contributed by atoms with Gasteiger partial charge in [-0.25, -0.2) is 0 Å². The van der Waals surface area contributed by atoms with Crippen LogP contribution in [-0.4, -0.2) is 11.9 Å². The number of nitrogens with one attached hydrogen (secondary N) is 1. The Balaban J connectivity index is 1.81. The molecule has 0 saturated heterocycles. The molecule has 0 unspecified atom stereocenters. The Morgan fingerprint density at radius 1 is 0.950 bits per heavy atom. The number of benzene rings is 2. The Kier molecular flexibility index (Phi) is 3.82. The molecule has 20 heavy (non-hydrogen) atoms. The van der Waals surface area contributed by atoms with Crippen LogP contribution in [0.5, 0.6) is 0 Å². The van der Waals surface area contributed by atoms with Crippen molar-refractivity contribution in [1.29, 1.82) is 0 Å². The van der Waals surface area contributed by atoms with Gasteiger partial charge in [-0.15, -0.1) is 0 Å². The van der Waals surface area contributed by atoms with Gasteiger partial charge >= 0.3 is 0 Å². The van der Waals surface area contributed by atoms with Gasteiger partial charge in [0.2, 0.25) is 5.91 Å². The molecule has 1 aliphatic carbocycles. The van der Waals surface area contributed by atoms with Gasteiger partial charge in [0.25, 0.3) is 0 Å². The number of carbonyl (C=O) groups excluding carboxylic acids is 1. The minimum absolute atomic E-state index is 0.135. The summed E-state index contributed by atoms with van der Waals surface area (Å²) >= 11 is 0. The van der Waals surface area contributed by atoms with Crippen LogP contribution in [0.2, 0.25) is 0 Å². The maximum absolute atomic E-state index is 12.1. The van der Waals surface area contributed by atoms with E-state index in [4.69, 9.17) is 0 Å². The van der Waals surface area contributed by atoms with Crippen molar-refractivity contribution in [1.82, 2.24) is 5.32 Å². The summed E-state index contributed by atoms with van der Waals surface area (Å²) in [6, 6.07) is 21.0. The topological polar surface area (TPSA) is 29.1 Å². The summed E-state index contributed by atoms with van der Waals surface area (Å²) in [7, 11) is 0. The maximum Gasteiger partial charge on any atom is 0.221 e. The SMILES string of the molecule is O=C(CC(c1ccccc1)c1ccccc1)NC1CC1. The molecule has 0 aromatic heterocycles. The van der Waals surface area contributed by atoms with Gasteiger partial charge in [0.15, 0.2) is 0 Å². The molecule has 0 aliphatic heterocycles. The zero-order valence-corrected chi connectivity index (χ0v) is 11.5. The first-order valence-corrected chi connectivity index (χ1v) is 7.22. The first kappa shape index (κ1) is 12.9. The van der Waals surface area contributed by atoms with Crippen LogP contribution >= 0.6 is 0 Å². The Labute approximate surface area is 119 Å². The molecule has 0 heterocycles. The number of hydrogen-bond donors (Lipinski definition) is 1. The lowest BCUT2D eigenvalue weighted by Gasteiger charge is -2.17. The summed E-state index contributed by atoms with van der Waals surface area (Å²) in [6.07, 6.45) is 2.78. The predicted octanol–water partition coefficient (Wildman–Crippen LogP) is 3.49. The first-order valence-electron chi connectivity index (χ1n) is 7.22. The lowest BCUT2D eigenvalue weighted by molar-refractivity contribution is -0.121. The summed E-state index contributed by atoms with van der Waals surface area (Å²) in [6.45, 7) is 0. The van der Waals surface area contributed by atoms with Crippen molar-refractivity contribution in [2.75, 3.05) is 0 Å². The lowest BCUT2D eigenvalue weighted by Crippen LogP contribution is -2.27. The molecule has 1 aliphatic rings. The Morgan fingerprint density at radius 2 is 1.45 bits per heavy atom. The fraction of sp³-hybridized carbons (Fsp3) is 0.278. The molecule has 1 amide bonds. The van der Waals surface area contributed by atoms with Gasteiger partial charge in [-0.1, -0.05) is 60.7 Å². The van der Waals surface area contributed by atoms with Gasteiger partial charge in [-0.05, 0) is 24.0 Å². The number of amides is 1. The standard InChI is InChI=1S/C18H19NO/c20-18(19-16-11-12-16)13-17(14-7-3-1-4-8-14)15-9-5-2-6-10-15/h1-10,16-17H,11-13H2,(H,19,20). The molecule has 0 radical (unpaired) electrons. The zero-order chi connectivity index (χ0) is 13.8. The second kappa shape index (κ2) is 5.91. The molecule has 1 saturated carbocycles. The van der Waals surface area contributed by atoms with E-state index < -0.39 is 0 Å². The third-order valence-corrected chi connectivity index (χ3v) is 3.74. The van der Waals surface area contributed by atoms with Crippen molar-refractivity contribution in [2.24, 2.45) is 0 Å². The number of carbonyl (C=O) groups is 1. The monoisotopic (exact) mass is 265 g/mol. The van der Waals surface area contributed by atoms with Crippen LogP contribution in [0.3, 0.4) is 0 Å². The van der Waals surface area contributed by atoms with Crippen molar-refractivity contribution < 1.29 is 4.79 Å².